The average molecular weight is 394 g/mol. The molecule has 0 fully saturated rings. The molecule has 0 unspecified atom stereocenters. The van der Waals surface area contributed by atoms with Gasteiger partial charge in [0.2, 0.25) is 5.91 Å². The second-order valence-electron chi connectivity index (χ2n) is 6.33. The lowest BCUT2D eigenvalue weighted by Crippen LogP contribution is -2.40. The maximum absolute atomic E-state index is 12.8. The van der Waals surface area contributed by atoms with Crippen LogP contribution in [0.2, 0.25) is 0 Å². The Labute approximate surface area is 160 Å². The van der Waals surface area contributed by atoms with Gasteiger partial charge in [0.1, 0.15) is 5.75 Å². The van der Waals surface area contributed by atoms with Crippen molar-refractivity contribution in [3.63, 3.8) is 0 Å². The fraction of sp³-hybridized carbons (Fsp3) is 0.300. The molecule has 0 radical (unpaired) electrons. The lowest BCUT2D eigenvalue weighted by molar-refractivity contribution is -0.312. The summed E-state index contributed by atoms with van der Waals surface area (Å²) < 4.78 is 43.4. The standard InChI is InChI=1S/C20H20F3NO4/c1-12(17(19(26)27)10-13-6-8-16(28-2)9-7-13)18(25)24-15-5-3-4-14(11-15)20(21,22)23/h3-9,11-12,17H,10H2,1-2H3,(H,24,25)(H,26,27)/p-1/t12-,17+/m1/s1. The van der Waals surface area contributed by atoms with Crippen molar-refractivity contribution in [1.29, 1.82) is 0 Å². The summed E-state index contributed by atoms with van der Waals surface area (Å²) >= 11 is 0. The van der Waals surface area contributed by atoms with E-state index in [1.807, 2.05) is 0 Å². The first-order valence-corrected chi connectivity index (χ1v) is 8.43. The molecule has 0 spiro atoms. The van der Waals surface area contributed by atoms with E-state index in [1.165, 1.54) is 20.1 Å². The van der Waals surface area contributed by atoms with Gasteiger partial charge in [0, 0.05) is 23.5 Å². The SMILES string of the molecule is COc1ccc(C[C@H](C(=O)[O-])[C@@H](C)C(=O)Nc2cccc(C(F)(F)F)c2)cc1. The molecule has 2 aromatic carbocycles. The van der Waals surface area contributed by atoms with Crippen molar-refractivity contribution in [3.05, 3.63) is 59.7 Å². The second kappa shape index (κ2) is 8.77. The Balaban J connectivity index is 2.12. The molecule has 0 aliphatic rings. The predicted molar refractivity (Wildman–Crippen MR) is 94.4 cm³/mol. The molecule has 28 heavy (non-hydrogen) atoms. The van der Waals surface area contributed by atoms with Crippen molar-refractivity contribution in [2.45, 2.75) is 19.5 Å². The molecule has 0 aliphatic heterocycles. The number of hydrogen-bond donors (Lipinski definition) is 1. The molecule has 2 aromatic rings. The Morgan fingerprint density at radius 2 is 1.79 bits per heavy atom. The van der Waals surface area contributed by atoms with Crippen LogP contribution in [0.4, 0.5) is 18.9 Å². The minimum atomic E-state index is -4.55. The van der Waals surface area contributed by atoms with Gasteiger partial charge in [0.25, 0.3) is 0 Å². The molecule has 0 saturated carbocycles. The lowest BCUT2D eigenvalue weighted by Gasteiger charge is -2.24. The summed E-state index contributed by atoms with van der Waals surface area (Å²) in [6.07, 6.45) is -4.52. The molecule has 0 aromatic heterocycles. The van der Waals surface area contributed by atoms with Crippen molar-refractivity contribution >= 4 is 17.6 Å². The number of aliphatic carboxylic acids is 1. The van der Waals surface area contributed by atoms with Crippen LogP contribution >= 0.6 is 0 Å². The lowest BCUT2D eigenvalue weighted by atomic mass is 9.87. The van der Waals surface area contributed by atoms with Gasteiger partial charge < -0.3 is 20.0 Å². The molecule has 0 heterocycles. The van der Waals surface area contributed by atoms with Crippen molar-refractivity contribution in [1.82, 2.24) is 0 Å². The normalized spacial score (nSPS) is 13.5. The highest BCUT2D eigenvalue weighted by atomic mass is 19.4. The van der Waals surface area contributed by atoms with Crippen molar-refractivity contribution in [2.75, 3.05) is 12.4 Å². The number of hydrogen-bond acceptors (Lipinski definition) is 4. The Hall–Kier alpha value is -3.03. The number of nitrogens with one attached hydrogen (secondary N) is 1. The van der Waals surface area contributed by atoms with E-state index in [-0.39, 0.29) is 12.1 Å². The van der Waals surface area contributed by atoms with Gasteiger partial charge in [-0.2, -0.15) is 13.2 Å². The maximum atomic E-state index is 12.8. The van der Waals surface area contributed by atoms with Gasteiger partial charge in [-0.25, -0.2) is 0 Å². The molecule has 2 atom stereocenters. The zero-order valence-electron chi connectivity index (χ0n) is 15.2. The van der Waals surface area contributed by atoms with Crippen LogP contribution < -0.4 is 15.2 Å². The van der Waals surface area contributed by atoms with Crippen molar-refractivity contribution in [2.24, 2.45) is 11.8 Å². The first-order valence-electron chi connectivity index (χ1n) is 8.43. The minimum Gasteiger partial charge on any atom is -0.550 e. The van der Waals surface area contributed by atoms with Gasteiger partial charge in [-0.15, -0.1) is 0 Å². The van der Waals surface area contributed by atoms with E-state index in [2.05, 4.69) is 5.32 Å². The molecule has 0 aliphatic carbocycles. The van der Waals surface area contributed by atoms with Gasteiger partial charge in [0.15, 0.2) is 0 Å². The fourth-order valence-electron chi connectivity index (χ4n) is 2.69. The molecule has 5 nitrogen and oxygen atoms in total. The van der Waals surface area contributed by atoms with Gasteiger partial charge >= 0.3 is 6.18 Å². The highest BCUT2D eigenvalue weighted by Gasteiger charge is 2.31. The van der Waals surface area contributed by atoms with E-state index >= 15 is 0 Å². The smallest absolute Gasteiger partial charge is 0.416 e. The average Bonchev–Trinajstić information content (AvgIpc) is 2.65. The minimum absolute atomic E-state index is 0.0313. The summed E-state index contributed by atoms with van der Waals surface area (Å²) in [5.41, 5.74) is -0.311. The van der Waals surface area contributed by atoms with Gasteiger partial charge in [0.05, 0.1) is 12.7 Å². The quantitative estimate of drug-likeness (QED) is 0.783. The number of ether oxygens (including phenoxy) is 1. The van der Waals surface area contributed by atoms with Crippen LogP contribution in [-0.4, -0.2) is 19.0 Å². The summed E-state index contributed by atoms with van der Waals surface area (Å²) in [7, 11) is 1.50. The van der Waals surface area contributed by atoms with E-state index in [0.29, 0.717) is 11.3 Å². The largest absolute Gasteiger partial charge is 0.550 e. The number of rotatable bonds is 7. The van der Waals surface area contributed by atoms with E-state index in [0.717, 1.165) is 18.2 Å². The van der Waals surface area contributed by atoms with Gasteiger partial charge in [-0.05, 0) is 42.3 Å². The molecule has 1 N–H and O–H groups in total. The number of carboxylic acids is 1. The summed E-state index contributed by atoms with van der Waals surface area (Å²) in [6.45, 7) is 1.40. The Kier molecular flexibility index (Phi) is 6.66. The first-order chi connectivity index (χ1) is 13.1. The van der Waals surface area contributed by atoms with E-state index in [9.17, 15) is 27.9 Å². The van der Waals surface area contributed by atoms with E-state index < -0.39 is 35.5 Å². The number of methoxy groups -OCH3 is 1. The third-order valence-electron chi connectivity index (χ3n) is 4.39. The molecular weight excluding hydrogens is 375 g/mol. The number of benzene rings is 2. The maximum Gasteiger partial charge on any atom is 0.416 e. The zero-order chi connectivity index (χ0) is 20.9. The molecule has 2 rings (SSSR count). The van der Waals surface area contributed by atoms with Crippen LogP contribution in [0.3, 0.4) is 0 Å². The third kappa shape index (κ3) is 5.48. The Morgan fingerprint density at radius 3 is 2.32 bits per heavy atom. The summed E-state index contributed by atoms with van der Waals surface area (Å²) in [5, 5.41) is 13.9. The number of carboxylic acid groups (broad SMARTS) is 1. The molecule has 150 valence electrons. The fourth-order valence-corrected chi connectivity index (χ4v) is 2.69. The van der Waals surface area contributed by atoms with Crippen LogP contribution in [0.25, 0.3) is 0 Å². The Morgan fingerprint density at radius 1 is 1.14 bits per heavy atom. The predicted octanol–water partition coefficient (Wildman–Crippen LogP) is 2.90. The van der Waals surface area contributed by atoms with Crippen LogP contribution in [0.15, 0.2) is 48.5 Å². The van der Waals surface area contributed by atoms with Crippen molar-refractivity contribution < 1.29 is 32.6 Å². The molecule has 1 amide bonds. The highest BCUT2D eigenvalue weighted by molar-refractivity contribution is 5.94. The number of carbonyl (C=O) groups excluding carboxylic acids is 2. The third-order valence-corrected chi connectivity index (χ3v) is 4.39. The number of anilines is 1. The summed E-state index contributed by atoms with van der Waals surface area (Å²) in [5.74, 6) is -3.70. The van der Waals surface area contributed by atoms with Crippen LogP contribution in [-0.2, 0) is 22.2 Å². The molecule has 8 heteroatoms. The van der Waals surface area contributed by atoms with Gasteiger partial charge in [-0.3, -0.25) is 4.79 Å². The highest BCUT2D eigenvalue weighted by Crippen LogP contribution is 2.31. The van der Waals surface area contributed by atoms with E-state index in [4.69, 9.17) is 4.74 Å². The van der Waals surface area contributed by atoms with Crippen LogP contribution in [0.1, 0.15) is 18.1 Å². The first kappa shape index (κ1) is 21.3. The van der Waals surface area contributed by atoms with E-state index in [1.54, 1.807) is 24.3 Å². The summed E-state index contributed by atoms with van der Waals surface area (Å²) in [4.78, 5) is 24.0. The number of carbonyl (C=O) groups is 2. The van der Waals surface area contributed by atoms with Crippen LogP contribution in [0, 0.1) is 11.8 Å². The zero-order valence-corrected chi connectivity index (χ0v) is 15.2. The molecule has 0 bridgehead atoms. The molecular formula is C20H19F3NO4-. The second-order valence-corrected chi connectivity index (χ2v) is 6.33. The number of amides is 1. The number of alkyl halides is 3. The van der Waals surface area contributed by atoms with Crippen molar-refractivity contribution in [3.8, 4) is 5.75 Å². The number of halogens is 3. The Bertz CT molecular complexity index is 834. The van der Waals surface area contributed by atoms with Crippen LogP contribution in [0.5, 0.6) is 5.75 Å². The van der Waals surface area contributed by atoms with Gasteiger partial charge in [-0.1, -0.05) is 25.1 Å². The topological polar surface area (TPSA) is 78.5 Å². The molecule has 0 saturated heterocycles. The monoisotopic (exact) mass is 394 g/mol. The summed E-state index contributed by atoms with van der Waals surface area (Å²) in [6, 6.07) is 10.8.